The molecule has 6 heteroatoms. The van der Waals surface area contributed by atoms with Crippen LogP contribution >= 0.6 is 0 Å². The number of carboxylic acids is 1. The smallest absolute Gasteiger partial charge is 0.326 e. The largest absolute Gasteiger partial charge is 0.489 e. The van der Waals surface area contributed by atoms with Crippen LogP contribution in [-0.4, -0.2) is 39.5 Å². The highest BCUT2D eigenvalue weighted by molar-refractivity contribution is 5.85. The number of aromatic nitrogens is 1. The lowest BCUT2D eigenvalue weighted by Crippen LogP contribution is -2.41. The predicted molar refractivity (Wildman–Crippen MR) is 91.1 cm³/mol. The molecular formula is C19H20N2O4. The Morgan fingerprint density at radius 1 is 1.24 bits per heavy atom. The van der Waals surface area contributed by atoms with Gasteiger partial charge >= 0.3 is 5.97 Å². The number of hydrogen-bond donors (Lipinski definition) is 1. The fraction of sp³-hybridized carbons (Fsp3) is 0.316. The third-order valence-electron chi connectivity index (χ3n) is 4.24. The highest BCUT2D eigenvalue weighted by Crippen LogP contribution is 2.20. The van der Waals surface area contributed by atoms with Gasteiger partial charge in [-0.15, -0.1) is 0 Å². The highest BCUT2D eigenvalue weighted by atomic mass is 16.5. The van der Waals surface area contributed by atoms with E-state index in [-0.39, 0.29) is 12.3 Å². The Kier molecular flexibility index (Phi) is 5.28. The monoisotopic (exact) mass is 340 g/mol. The summed E-state index contributed by atoms with van der Waals surface area (Å²) in [5.74, 6) is -0.418. The van der Waals surface area contributed by atoms with Gasteiger partial charge in [-0.1, -0.05) is 18.2 Å². The zero-order valence-corrected chi connectivity index (χ0v) is 13.8. The molecule has 2 heterocycles. The minimum Gasteiger partial charge on any atom is -0.489 e. The van der Waals surface area contributed by atoms with Crippen LogP contribution in [0, 0.1) is 0 Å². The number of hydrogen-bond acceptors (Lipinski definition) is 4. The lowest BCUT2D eigenvalue weighted by molar-refractivity contribution is -0.148. The Morgan fingerprint density at radius 2 is 2.08 bits per heavy atom. The number of carboxylic acid groups (broad SMARTS) is 1. The third-order valence-corrected chi connectivity index (χ3v) is 4.24. The van der Waals surface area contributed by atoms with Crippen molar-refractivity contribution in [1.82, 2.24) is 9.88 Å². The molecule has 0 bridgehead atoms. The first-order chi connectivity index (χ1) is 12.1. The second-order valence-electron chi connectivity index (χ2n) is 6.06. The molecule has 0 radical (unpaired) electrons. The van der Waals surface area contributed by atoms with E-state index in [1.807, 2.05) is 36.4 Å². The van der Waals surface area contributed by atoms with Gasteiger partial charge in [0.05, 0.1) is 6.42 Å². The maximum atomic E-state index is 12.4. The maximum absolute atomic E-state index is 12.4. The van der Waals surface area contributed by atoms with Crippen molar-refractivity contribution < 1.29 is 19.4 Å². The molecule has 1 aliphatic rings. The third kappa shape index (κ3) is 4.35. The SMILES string of the molecule is O=C(O)C1CCCN1C(=O)Cc1cccc(OCc2cccnc2)c1. The molecule has 1 aromatic carbocycles. The van der Waals surface area contributed by atoms with Gasteiger partial charge < -0.3 is 14.7 Å². The minimum absolute atomic E-state index is 0.158. The topological polar surface area (TPSA) is 79.7 Å². The number of benzene rings is 1. The van der Waals surface area contributed by atoms with Crippen LogP contribution in [-0.2, 0) is 22.6 Å². The second kappa shape index (κ2) is 7.79. The van der Waals surface area contributed by atoms with Crippen molar-refractivity contribution in [1.29, 1.82) is 0 Å². The fourth-order valence-electron chi connectivity index (χ4n) is 2.99. The Bertz CT molecular complexity index is 748. The first kappa shape index (κ1) is 17.0. The Balaban J connectivity index is 1.61. The molecule has 2 aromatic rings. The quantitative estimate of drug-likeness (QED) is 0.873. The molecule has 0 aliphatic carbocycles. The van der Waals surface area contributed by atoms with Crippen LogP contribution in [0.15, 0.2) is 48.8 Å². The first-order valence-corrected chi connectivity index (χ1v) is 8.26. The molecule has 1 aromatic heterocycles. The van der Waals surface area contributed by atoms with Crippen molar-refractivity contribution in [2.24, 2.45) is 0 Å². The fourth-order valence-corrected chi connectivity index (χ4v) is 2.99. The van der Waals surface area contributed by atoms with E-state index in [1.165, 1.54) is 4.90 Å². The van der Waals surface area contributed by atoms with Gasteiger partial charge in [-0.2, -0.15) is 0 Å². The molecule has 0 spiro atoms. The average Bonchev–Trinajstić information content (AvgIpc) is 3.11. The van der Waals surface area contributed by atoms with Gasteiger partial charge in [0, 0.05) is 24.5 Å². The number of rotatable bonds is 6. The summed E-state index contributed by atoms with van der Waals surface area (Å²) in [7, 11) is 0. The summed E-state index contributed by atoms with van der Waals surface area (Å²) in [6, 6.07) is 10.4. The number of likely N-dealkylation sites (tertiary alicyclic amines) is 1. The van der Waals surface area contributed by atoms with Gasteiger partial charge in [0.15, 0.2) is 0 Å². The van der Waals surface area contributed by atoms with Crippen LogP contribution in [0.2, 0.25) is 0 Å². The molecular weight excluding hydrogens is 320 g/mol. The van der Waals surface area contributed by atoms with E-state index < -0.39 is 12.0 Å². The molecule has 1 amide bonds. The van der Waals surface area contributed by atoms with E-state index in [9.17, 15) is 14.7 Å². The van der Waals surface area contributed by atoms with Crippen LogP contribution < -0.4 is 4.74 Å². The zero-order valence-electron chi connectivity index (χ0n) is 13.8. The number of carbonyl (C=O) groups is 2. The molecule has 0 saturated carbocycles. The summed E-state index contributed by atoms with van der Waals surface area (Å²) in [6.07, 6.45) is 4.88. The second-order valence-corrected chi connectivity index (χ2v) is 6.06. The molecule has 1 aliphatic heterocycles. The van der Waals surface area contributed by atoms with Gasteiger partial charge in [-0.05, 0) is 36.6 Å². The van der Waals surface area contributed by atoms with Crippen LogP contribution in [0.25, 0.3) is 0 Å². The number of pyridine rings is 1. The van der Waals surface area contributed by atoms with Crippen LogP contribution in [0.3, 0.4) is 0 Å². The van der Waals surface area contributed by atoms with Crippen LogP contribution in [0.1, 0.15) is 24.0 Å². The molecule has 1 saturated heterocycles. The average molecular weight is 340 g/mol. The molecule has 1 fully saturated rings. The molecule has 6 nitrogen and oxygen atoms in total. The Labute approximate surface area is 146 Å². The van der Waals surface area contributed by atoms with Gasteiger partial charge in [-0.3, -0.25) is 9.78 Å². The van der Waals surface area contributed by atoms with Crippen molar-refractivity contribution in [3.8, 4) is 5.75 Å². The zero-order chi connectivity index (χ0) is 17.6. The van der Waals surface area contributed by atoms with Gasteiger partial charge in [0.1, 0.15) is 18.4 Å². The first-order valence-electron chi connectivity index (χ1n) is 8.26. The standard InChI is InChI=1S/C19H20N2O4/c22-18(21-9-3-7-17(21)19(23)24)11-14-4-1-6-16(10-14)25-13-15-5-2-8-20-12-15/h1-2,4-6,8,10,12,17H,3,7,9,11,13H2,(H,23,24). The summed E-state index contributed by atoms with van der Waals surface area (Å²) < 4.78 is 5.74. The van der Waals surface area contributed by atoms with Gasteiger partial charge in [-0.25, -0.2) is 4.79 Å². The molecule has 25 heavy (non-hydrogen) atoms. The summed E-state index contributed by atoms with van der Waals surface area (Å²) in [4.78, 5) is 29.2. The number of amides is 1. The molecule has 1 atom stereocenters. The lowest BCUT2D eigenvalue weighted by atomic mass is 10.1. The van der Waals surface area contributed by atoms with Gasteiger partial charge in [0.25, 0.3) is 0 Å². The van der Waals surface area contributed by atoms with Crippen LogP contribution in [0.4, 0.5) is 0 Å². The van der Waals surface area contributed by atoms with E-state index in [0.29, 0.717) is 25.3 Å². The van der Waals surface area contributed by atoms with E-state index in [2.05, 4.69) is 4.98 Å². The van der Waals surface area contributed by atoms with Crippen LogP contribution in [0.5, 0.6) is 5.75 Å². The van der Waals surface area contributed by atoms with Crippen molar-refractivity contribution in [3.05, 3.63) is 59.9 Å². The lowest BCUT2D eigenvalue weighted by Gasteiger charge is -2.21. The Morgan fingerprint density at radius 3 is 2.84 bits per heavy atom. The Hall–Kier alpha value is -2.89. The van der Waals surface area contributed by atoms with E-state index >= 15 is 0 Å². The van der Waals surface area contributed by atoms with Gasteiger partial charge in [0.2, 0.25) is 5.91 Å². The van der Waals surface area contributed by atoms with E-state index in [4.69, 9.17) is 4.74 Å². The summed E-state index contributed by atoms with van der Waals surface area (Å²) in [5.41, 5.74) is 1.77. The summed E-state index contributed by atoms with van der Waals surface area (Å²) in [6.45, 7) is 0.908. The van der Waals surface area contributed by atoms with E-state index in [1.54, 1.807) is 12.4 Å². The number of ether oxygens (including phenoxy) is 1. The van der Waals surface area contributed by atoms with Crippen molar-refractivity contribution in [2.45, 2.75) is 31.9 Å². The van der Waals surface area contributed by atoms with Crippen molar-refractivity contribution >= 4 is 11.9 Å². The molecule has 3 rings (SSSR count). The number of nitrogens with zero attached hydrogens (tertiary/aromatic N) is 2. The molecule has 130 valence electrons. The predicted octanol–water partition coefficient (Wildman–Crippen LogP) is 2.28. The maximum Gasteiger partial charge on any atom is 0.326 e. The minimum atomic E-state index is -0.931. The summed E-state index contributed by atoms with van der Waals surface area (Å²) in [5, 5.41) is 9.20. The molecule has 1 unspecified atom stereocenters. The van der Waals surface area contributed by atoms with E-state index in [0.717, 1.165) is 17.5 Å². The highest BCUT2D eigenvalue weighted by Gasteiger charge is 2.33. The molecule has 1 N–H and O–H groups in total. The van der Waals surface area contributed by atoms with Crippen molar-refractivity contribution in [3.63, 3.8) is 0 Å². The van der Waals surface area contributed by atoms with Crippen molar-refractivity contribution in [2.75, 3.05) is 6.54 Å². The normalized spacial score (nSPS) is 16.6. The summed E-state index contributed by atoms with van der Waals surface area (Å²) >= 11 is 0. The number of aliphatic carboxylic acids is 1. The number of carbonyl (C=O) groups excluding carboxylic acids is 1.